The standard InChI is InChI=1S/C23H33N5O3/c1-16(2)17-9-7-8-10-18(17)25-21(29)28-14-13-27(22(30)31-23(3,4)5)15-19(28)20-24-11-12-26(20)6/h7-12,16,19H,13-15H2,1-6H3,(H,25,29)/t19-/m1/s1. The Hall–Kier alpha value is -3.03. The van der Waals surface area contributed by atoms with Gasteiger partial charge in [0.2, 0.25) is 0 Å². The lowest BCUT2D eigenvalue weighted by Gasteiger charge is -2.41. The van der Waals surface area contributed by atoms with E-state index in [1.807, 2.05) is 62.8 Å². The quantitative estimate of drug-likeness (QED) is 0.789. The van der Waals surface area contributed by atoms with E-state index in [1.54, 1.807) is 16.0 Å². The number of urea groups is 1. The van der Waals surface area contributed by atoms with Gasteiger partial charge in [0.05, 0.1) is 6.54 Å². The molecule has 8 nitrogen and oxygen atoms in total. The molecule has 1 aromatic heterocycles. The average molecular weight is 428 g/mol. The van der Waals surface area contributed by atoms with E-state index in [1.165, 1.54) is 0 Å². The van der Waals surface area contributed by atoms with Crippen molar-refractivity contribution in [3.63, 3.8) is 0 Å². The third-order valence-electron chi connectivity index (χ3n) is 5.27. The lowest BCUT2D eigenvalue weighted by molar-refractivity contribution is 0.00862. The Morgan fingerprint density at radius 1 is 1.19 bits per heavy atom. The van der Waals surface area contributed by atoms with Crippen molar-refractivity contribution in [2.45, 2.75) is 52.2 Å². The molecule has 1 aliphatic heterocycles. The van der Waals surface area contributed by atoms with Gasteiger partial charge in [-0.3, -0.25) is 0 Å². The summed E-state index contributed by atoms with van der Waals surface area (Å²) in [4.78, 5) is 33.8. The van der Waals surface area contributed by atoms with Crippen LogP contribution in [0.25, 0.3) is 0 Å². The van der Waals surface area contributed by atoms with E-state index < -0.39 is 5.60 Å². The molecule has 1 atom stereocenters. The Balaban J connectivity index is 1.83. The summed E-state index contributed by atoms with van der Waals surface area (Å²) in [7, 11) is 1.89. The van der Waals surface area contributed by atoms with Gasteiger partial charge >= 0.3 is 12.1 Å². The number of amides is 3. The minimum Gasteiger partial charge on any atom is -0.444 e. The topological polar surface area (TPSA) is 79.7 Å². The zero-order valence-electron chi connectivity index (χ0n) is 19.3. The maximum absolute atomic E-state index is 13.3. The second kappa shape index (κ2) is 8.99. The molecule has 1 aliphatic rings. The number of para-hydroxylation sites is 1. The first-order chi connectivity index (χ1) is 14.6. The fourth-order valence-corrected chi connectivity index (χ4v) is 3.74. The van der Waals surface area contributed by atoms with Crippen molar-refractivity contribution in [2.75, 3.05) is 25.0 Å². The number of benzene rings is 1. The normalized spacial score (nSPS) is 17.1. The summed E-state index contributed by atoms with van der Waals surface area (Å²) >= 11 is 0. The summed E-state index contributed by atoms with van der Waals surface area (Å²) in [6.45, 7) is 10.8. The van der Waals surface area contributed by atoms with Gasteiger partial charge in [0.15, 0.2) is 0 Å². The van der Waals surface area contributed by atoms with Crippen LogP contribution < -0.4 is 5.32 Å². The molecule has 8 heteroatoms. The molecule has 1 N–H and O–H groups in total. The SMILES string of the molecule is CC(C)c1ccccc1NC(=O)N1CCN(C(=O)OC(C)(C)C)C[C@@H]1c1nccn1C. The van der Waals surface area contributed by atoms with Gasteiger partial charge in [0, 0.05) is 38.2 Å². The molecule has 0 spiro atoms. The fourth-order valence-electron chi connectivity index (χ4n) is 3.74. The Morgan fingerprint density at radius 3 is 2.52 bits per heavy atom. The number of rotatable bonds is 3. The molecule has 2 aromatic rings. The second-order valence-electron chi connectivity index (χ2n) is 9.20. The molecule has 0 bridgehead atoms. The van der Waals surface area contributed by atoms with Crippen molar-refractivity contribution in [2.24, 2.45) is 7.05 Å². The molecule has 0 unspecified atom stereocenters. The number of aromatic nitrogens is 2. The highest BCUT2D eigenvalue weighted by Crippen LogP contribution is 2.28. The largest absolute Gasteiger partial charge is 0.444 e. The van der Waals surface area contributed by atoms with Gasteiger partial charge in [0.25, 0.3) is 0 Å². The van der Waals surface area contributed by atoms with Crippen LogP contribution in [-0.2, 0) is 11.8 Å². The Kier molecular flexibility index (Phi) is 6.57. The monoisotopic (exact) mass is 427 g/mol. The number of aryl methyl sites for hydroxylation is 1. The maximum Gasteiger partial charge on any atom is 0.410 e. The van der Waals surface area contributed by atoms with Crippen LogP contribution in [0.15, 0.2) is 36.7 Å². The molecule has 1 saturated heterocycles. The number of imidazole rings is 1. The number of anilines is 1. The van der Waals surface area contributed by atoms with Gasteiger partial charge in [-0.2, -0.15) is 0 Å². The van der Waals surface area contributed by atoms with Crippen molar-refractivity contribution in [3.8, 4) is 0 Å². The molecule has 0 saturated carbocycles. The highest BCUT2D eigenvalue weighted by molar-refractivity contribution is 5.90. The first kappa shape index (κ1) is 22.7. The van der Waals surface area contributed by atoms with Crippen molar-refractivity contribution in [1.29, 1.82) is 0 Å². The highest BCUT2D eigenvalue weighted by atomic mass is 16.6. The summed E-state index contributed by atoms with van der Waals surface area (Å²) in [5.41, 5.74) is 1.30. The number of hydrogen-bond acceptors (Lipinski definition) is 4. The molecule has 0 aliphatic carbocycles. The molecule has 0 radical (unpaired) electrons. The predicted octanol–water partition coefficient (Wildman–Crippen LogP) is 4.37. The van der Waals surface area contributed by atoms with E-state index >= 15 is 0 Å². The first-order valence-electron chi connectivity index (χ1n) is 10.7. The van der Waals surface area contributed by atoms with E-state index in [0.29, 0.717) is 19.6 Å². The number of nitrogens with one attached hydrogen (secondary N) is 1. The molecule has 31 heavy (non-hydrogen) atoms. The molecular formula is C23H33N5O3. The van der Waals surface area contributed by atoms with Crippen molar-refractivity contribution >= 4 is 17.8 Å². The summed E-state index contributed by atoms with van der Waals surface area (Å²) in [5, 5.41) is 3.07. The van der Waals surface area contributed by atoms with Gasteiger partial charge in [-0.15, -0.1) is 0 Å². The number of piperazine rings is 1. The van der Waals surface area contributed by atoms with Gasteiger partial charge in [-0.05, 0) is 38.3 Å². The molecule has 1 aromatic carbocycles. The van der Waals surface area contributed by atoms with Gasteiger partial charge in [-0.25, -0.2) is 14.6 Å². The Bertz CT molecular complexity index is 931. The first-order valence-corrected chi connectivity index (χ1v) is 10.7. The third kappa shape index (κ3) is 5.37. The van der Waals surface area contributed by atoms with Crippen LogP contribution in [0.5, 0.6) is 0 Å². The number of nitrogens with zero attached hydrogens (tertiary/aromatic N) is 4. The number of carbonyl (C=O) groups excluding carboxylic acids is 2. The molecular weight excluding hydrogens is 394 g/mol. The average Bonchev–Trinajstić information content (AvgIpc) is 3.12. The van der Waals surface area contributed by atoms with Crippen molar-refractivity contribution in [3.05, 3.63) is 48.0 Å². The lowest BCUT2D eigenvalue weighted by Crippen LogP contribution is -2.54. The molecule has 2 heterocycles. The summed E-state index contributed by atoms with van der Waals surface area (Å²) in [6.07, 6.45) is 3.16. The van der Waals surface area contributed by atoms with E-state index in [2.05, 4.69) is 24.1 Å². The van der Waals surface area contributed by atoms with Gasteiger partial charge in [-0.1, -0.05) is 32.0 Å². The number of ether oxygens (including phenoxy) is 1. The second-order valence-corrected chi connectivity index (χ2v) is 9.20. The molecule has 1 fully saturated rings. The molecule has 3 amide bonds. The lowest BCUT2D eigenvalue weighted by atomic mass is 10.0. The van der Waals surface area contributed by atoms with E-state index in [4.69, 9.17) is 4.74 Å². The minimum atomic E-state index is -0.579. The van der Waals surface area contributed by atoms with Gasteiger partial charge in [0.1, 0.15) is 17.5 Å². The van der Waals surface area contributed by atoms with Crippen LogP contribution in [0.1, 0.15) is 58.0 Å². The summed E-state index contributed by atoms with van der Waals surface area (Å²) in [5.74, 6) is 1.01. The summed E-state index contributed by atoms with van der Waals surface area (Å²) in [6, 6.07) is 7.24. The Labute approximate surface area is 184 Å². The van der Waals surface area contributed by atoms with E-state index in [-0.39, 0.29) is 24.1 Å². The van der Waals surface area contributed by atoms with Crippen molar-refractivity contribution in [1.82, 2.24) is 19.4 Å². The van der Waals surface area contributed by atoms with Crippen molar-refractivity contribution < 1.29 is 14.3 Å². The molecule has 3 rings (SSSR count). The van der Waals surface area contributed by atoms with Crippen LogP contribution in [0.2, 0.25) is 0 Å². The summed E-state index contributed by atoms with van der Waals surface area (Å²) < 4.78 is 7.43. The van der Waals surface area contributed by atoms with Crippen LogP contribution in [-0.4, -0.2) is 56.7 Å². The fraction of sp³-hybridized carbons (Fsp3) is 0.522. The van der Waals surface area contributed by atoms with Crippen LogP contribution >= 0.6 is 0 Å². The highest BCUT2D eigenvalue weighted by Gasteiger charge is 2.37. The predicted molar refractivity (Wildman–Crippen MR) is 120 cm³/mol. The van der Waals surface area contributed by atoms with Crippen LogP contribution in [0, 0.1) is 0 Å². The Morgan fingerprint density at radius 2 is 1.90 bits per heavy atom. The minimum absolute atomic E-state index is 0.204. The van der Waals surface area contributed by atoms with E-state index in [9.17, 15) is 9.59 Å². The number of hydrogen-bond donors (Lipinski definition) is 1. The third-order valence-corrected chi connectivity index (χ3v) is 5.27. The van der Waals surface area contributed by atoms with E-state index in [0.717, 1.165) is 17.1 Å². The maximum atomic E-state index is 13.3. The van der Waals surface area contributed by atoms with Crippen LogP contribution in [0.4, 0.5) is 15.3 Å². The zero-order valence-corrected chi connectivity index (χ0v) is 19.3. The smallest absolute Gasteiger partial charge is 0.410 e. The number of carbonyl (C=O) groups is 2. The van der Waals surface area contributed by atoms with Gasteiger partial charge < -0.3 is 24.4 Å². The molecule has 168 valence electrons. The van der Waals surface area contributed by atoms with Crippen LogP contribution in [0.3, 0.4) is 0 Å². The zero-order chi connectivity index (χ0) is 22.8.